The van der Waals surface area contributed by atoms with Crippen molar-refractivity contribution in [1.29, 1.82) is 0 Å². The summed E-state index contributed by atoms with van der Waals surface area (Å²) in [6.45, 7) is 12.9. The number of phenols is 1. The molecular formula is C53H69N9O5. The Morgan fingerprint density at radius 3 is 2.28 bits per heavy atom. The van der Waals surface area contributed by atoms with Crippen LogP contribution < -0.4 is 10.6 Å². The average Bonchev–Trinajstić information content (AvgIpc) is 3.93. The van der Waals surface area contributed by atoms with Crippen molar-refractivity contribution in [2.24, 2.45) is 17.3 Å². The van der Waals surface area contributed by atoms with Gasteiger partial charge in [-0.15, -0.1) is 16.6 Å². The lowest BCUT2D eigenvalue weighted by Crippen LogP contribution is -2.60. The summed E-state index contributed by atoms with van der Waals surface area (Å²) >= 11 is 0. The molecule has 14 heteroatoms. The fourth-order valence-corrected chi connectivity index (χ4v) is 12.1. The number of terminal acetylenes is 1. The molecule has 67 heavy (non-hydrogen) atoms. The Morgan fingerprint density at radius 2 is 1.60 bits per heavy atom. The first-order chi connectivity index (χ1) is 32.2. The van der Waals surface area contributed by atoms with Crippen molar-refractivity contribution in [1.82, 2.24) is 45.4 Å². The molecule has 0 radical (unpaired) electrons. The Labute approximate surface area is 395 Å². The molecule has 356 valence electrons. The van der Waals surface area contributed by atoms with Gasteiger partial charge in [0.2, 0.25) is 11.8 Å². The van der Waals surface area contributed by atoms with Crippen molar-refractivity contribution in [3.8, 4) is 29.4 Å². The second-order valence-electron chi connectivity index (χ2n) is 21.1. The number of rotatable bonds is 9. The molecule has 5 aliphatic rings. The Bertz CT molecular complexity index is 2450. The van der Waals surface area contributed by atoms with E-state index in [1.165, 1.54) is 54.7 Å². The number of nitrogens with zero attached hydrogens (tertiary/aromatic N) is 6. The molecule has 4 aliphatic heterocycles. The fourth-order valence-electron chi connectivity index (χ4n) is 12.1. The lowest BCUT2D eigenvalue weighted by molar-refractivity contribution is -0.142. The number of para-hydroxylation sites is 1. The largest absolute Gasteiger partial charge is 0.507 e. The van der Waals surface area contributed by atoms with Gasteiger partial charge in [0, 0.05) is 85.9 Å². The average molecular weight is 912 g/mol. The van der Waals surface area contributed by atoms with Crippen molar-refractivity contribution in [3.05, 3.63) is 77.0 Å². The molecular weight excluding hydrogens is 843 g/mol. The molecule has 4 atom stereocenters. The van der Waals surface area contributed by atoms with Gasteiger partial charge in [0.15, 0.2) is 5.65 Å². The van der Waals surface area contributed by atoms with Crippen molar-refractivity contribution in [2.75, 3.05) is 39.3 Å². The number of aromatic nitrogens is 3. The van der Waals surface area contributed by atoms with E-state index in [1.54, 1.807) is 6.07 Å². The molecule has 3 saturated heterocycles. The summed E-state index contributed by atoms with van der Waals surface area (Å²) in [5.41, 5.74) is 5.79. The first-order valence-electron chi connectivity index (χ1n) is 24.8. The van der Waals surface area contributed by atoms with E-state index in [9.17, 15) is 24.6 Å². The maximum atomic E-state index is 14.2. The smallest absolute Gasteiger partial charge is 0.318 e. The van der Waals surface area contributed by atoms with Gasteiger partial charge in [-0.2, -0.15) is 0 Å². The number of aromatic hydroxyl groups is 1. The quantitative estimate of drug-likeness (QED) is 0.120. The van der Waals surface area contributed by atoms with Gasteiger partial charge in [0.05, 0.1) is 11.8 Å². The minimum absolute atomic E-state index is 0.0341. The van der Waals surface area contributed by atoms with Gasteiger partial charge >= 0.3 is 6.03 Å². The third-order valence-electron chi connectivity index (χ3n) is 15.9. The van der Waals surface area contributed by atoms with Crippen molar-refractivity contribution in [3.63, 3.8) is 0 Å². The Balaban J connectivity index is 0.729. The van der Waals surface area contributed by atoms with E-state index in [0.717, 1.165) is 72.9 Å². The van der Waals surface area contributed by atoms with Crippen molar-refractivity contribution in [2.45, 2.75) is 135 Å². The summed E-state index contributed by atoms with van der Waals surface area (Å²) in [5, 5.41) is 37.2. The number of H-pyrrole nitrogens is 1. The summed E-state index contributed by atoms with van der Waals surface area (Å²) < 4.78 is 0. The maximum absolute atomic E-state index is 14.2. The number of nitrogens with one attached hydrogen (secondary N) is 3. The van der Waals surface area contributed by atoms with Gasteiger partial charge in [-0.1, -0.05) is 51.0 Å². The van der Waals surface area contributed by atoms with Gasteiger partial charge < -0.3 is 40.5 Å². The summed E-state index contributed by atoms with van der Waals surface area (Å²) in [7, 11) is 0. The summed E-state index contributed by atoms with van der Waals surface area (Å²) in [6.07, 6.45) is 15.0. The highest BCUT2D eigenvalue weighted by atomic mass is 16.3. The van der Waals surface area contributed by atoms with Crippen molar-refractivity contribution >= 4 is 28.9 Å². The van der Waals surface area contributed by atoms with Crippen LogP contribution in [0.25, 0.3) is 22.3 Å². The second kappa shape index (κ2) is 19.6. The SMILES string of the molecule is C#Cc1ccc(CNC(=O)[C@@H]2C[C@@H](O)CN2C(=O)[C@@H](NC(=O)N2CCC(N3CCC([C@H]4CC[C@H](N5CCc6[nH]c7nnc(-c8ccccc8O)cc7c6[C@H]5C)CC4)CC3)CC2)C(C)(C)C)cc1. The number of phenolic OH excluding ortho intramolecular Hbond substituents is 1. The predicted molar refractivity (Wildman–Crippen MR) is 259 cm³/mol. The lowest BCUT2D eigenvalue weighted by atomic mass is 9.73. The monoisotopic (exact) mass is 912 g/mol. The number of aliphatic hydroxyl groups is 1. The topological polar surface area (TPSA) is 170 Å². The first-order valence-corrected chi connectivity index (χ1v) is 24.8. The number of likely N-dealkylation sites (tertiary alicyclic amines) is 3. The molecule has 1 aliphatic carbocycles. The number of aromatic amines is 1. The highest BCUT2D eigenvalue weighted by molar-refractivity contribution is 5.93. The first kappa shape index (κ1) is 46.6. The summed E-state index contributed by atoms with van der Waals surface area (Å²) in [4.78, 5) is 53.7. The molecule has 14 nitrogen and oxygen atoms in total. The molecule has 2 aromatic carbocycles. The van der Waals surface area contributed by atoms with Crippen LogP contribution in [0.2, 0.25) is 0 Å². The highest BCUT2D eigenvalue weighted by Crippen LogP contribution is 2.43. The molecule has 0 spiro atoms. The van der Waals surface area contributed by atoms with Crippen LogP contribution in [0, 0.1) is 29.6 Å². The molecule has 0 bridgehead atoms. The second-order valence-corrected chi connectivity index (χ2v) is 21.1. The summed E-state index contributed by atoms with van der Waals surface area (Å²) in [6, 6.07) is 16.1. The van der Waals surface area contributed by atoms with E-state index in [-0.39, 0.29) is 49.1 Å². The van der Waals surface area contributed by atoms with Crippen LogP contribution in [0.3, 0.4) is 0 Å². The van der Waals surface area contributed by atoms with Crippen LogP contribution in [0.15, 0.2) is 54.6 Å². The molecule has 9 rings (SSSR count). The number of piperidine rings is 2. The van der Waals surface area contributed by atoms with Gasteiger partial charge in [-0.3, -0.25) is 14.5 Å². The van der Waals surface area contributed by atoms with Crippen LogP contribution >= 0.6 is 0 Å². The van der Waals surface area contributed by atoms with E-state index in [0.29, 0.717) is 36.4 Å². The van der Waals surface area contributed by atoms with Gasteiger partial charge in [0.25, 0.3) is 0 Å². The number of hydrogen-bond acceptors (Lipinski definition) is 9. The minimum Gasteiger partial charge on any atom is -0.507 e. The third kappa shape index (κ3) is 9.92. The van der Waals surface area contributed by atoms with Crippen molar-refractivity contribution < 1.29 is 24.6 Å². The Hall–Kier alpha value is -5.49. The lowest BCUT2D eigenvalue weighted by Gasteiger charge is -2.46. The number of carbonyl (C=O) groups excluding carboxylic acids is 3. The zero-order valence-corrected chi connectivity index (χ0v) is 39.7. The fraction of sp³-hybridized carbons (Fsp3) is 0.566. The molecule has 4 fully saturated rings. The van der Waals surface area contributed by atoms with E-state index < -0.39 is 23.6 Å². The zero-order chi connectivity index (χ0) is 47.0. The van der Waals surface area contributed by atoms with E-state index in [4.69, 9.17) is 6.42 Å². The molecule has 4 amide bonds. The number of amides is 4. The number of aliphatic hydroxyl groups excluding tert-OH is 1. The van der Waals surface area contributed by atoms with E-state index in [1.807, 2.05) is 68.1 Å². The Morgan fingerprint density at radius 1 is 0.896 bits per heavy atom. The van der Waals surface area contributed by atoms with Crippen LogP contribution in [-0.4, -0.2) is 132 Å². The molecule has 4 aromatic rings. The normalized spacial score (nSPS) is 25.1. The number of hydrogen-bond donors (Lipinski definition) is 5. The van der Waals surface area contributed by atoms with Crippen LogP contribution in [-0.2, 0) is 22.6 Å². The maximum Gasteiger partial charge on any atom is 0.318 e. The molecule has 1 saturated carbocycles. The molecule has 2 aromatic heterocycles. The number of carbonyl (C=O) groups is 3. The van der Waals surface area contributed by atoms with Gasteiger partial charge in [-0.05, 0) is 130 Å². The van der Waals surface area contributed by atoms with Crippen LogP contribution in [0.5, 0.6) is 5.75 Å². The molecule has 0 unspecified atom stereocenters. The molecule has 6 heterocycles. The van der Waals surface area contributed by atoms with Crippen LogP contribution in [0.4, 0.5) is 4.79 Å². The standard InChI is InChI=1S/C53H69N9O5/c1-6-34-11-13-35(14-12-34)31-54-50(65)45-29-40(63)32-62(45)51(66)48(53(3,4)5)56-52(67)60-26-21-38(22-27-60)59-24-19-37(20-25-59)36-15-17-39(18-16-36)61-28-23-43-47(33(61)2)42-30-44(57-58-49(42)55-43)41-9-7-8-10-46(41)64/h1,7-14,30,33,36-40,45,48,63-64H,15-29,31-32H2,2-5H3,(H,54,65)(H,55,58)(H,56,67)/t33-,36-,39-,40-,45+,48-/m1/s1. The predicted octanol–water partition coefficient (Wildman–Crippen LogP) is 6.37. The van der Waals surface area contributed by atoms with Gasteiger partial charge in [0.1, 0.15) is 17.8 Å². The van der Waals surface area contributed by atoms with E-state index >= 15 is 0 Å². The zero-order valence-electron chi connectivity index (χ0n) is 39.7. The van der Waals surface area contributed by atoms with Crippen LogP contribution in [0.1, 0.15) is 114 Å². The Kier molecular flexibility index (Phi) is 13.6. The van der Waals surface area contributed by atoms with Gasteiger partial charge in [-0.25, -0.2) is 4.79 Å². The highest BCUT2D eigenvalue weighted by Gasteiger charge is 2.45. The number of β-amino-alcohol motifs (C(OH)–C–C–N with tert-alkyl or cyclic N) is 1. The third-order valence-corrected chi connectivity index (χ3v) is 15.9. The molecule has 5 N–H and O–H groups in total. The number of benzene rings is 2. The number of fused-ring (bicyclic) bond motifs is 3. The summed E-state index contributed by atoms with van der Waals surface area (Å²) in [5.74, 6) is 3.63. The number of urea groups is 1. The van der Waals surface area contributed by atoms with E-state index in [2.05, 4.69) is 54.5 Å². The minimum atomic E-state index is -0.875.